The van der Waals surface area contributed by atoms with Crippen LogP contribution in [0.5, 0.6) is 0 Å². The molecule has 1 unspecified atom stereocenters. The third-order valence-electron chi connectivity index (χ3n) is 3.29. The predicted octanol–water partition coefficient (Wildman–Crippen LogP) is 3.88. The number of carbonyl (C=O) groups is 1. The number of carbonyl (C=O) groups excluding carboxylic acids is 1. The maximum absolute atomic E-state index is 11.2. The van der Waals surface area contributed by atoms with Gasteiger partial charge in [0.15, 0.2) is 0 Å². The molecule has 1 aromatic heterocycles. The minimum Gasteiger partial charge on any atom is -0.326 e. The Morgan fingerprint density at radius 2 is 2.21 bits per heavy atom. The van der Waals surface area contributed by atoms with E-state index in [0.29, 0.717) is 13.0 Å². The summed E-state index contributed by atoms with van der Waals surface area (Å²) in [5.74, 6) is 1.02. The molecule has 1 atom stereocenters. The SMILES string of the molecule is CCc1ccc2c(c1)nc(C(C)Cl)n2CCC(C)=O. The highest BCUT2D eigenvalue weighted by Gasteiger charge is 2.15. The second-order valence-corrected chi connectivity index (χ2v) is 5.52. The van der Waals surface area contributed by atoms with Crippen molar-refractivity contribution in [2.45, 2.75) is 45.5 Å². The second kappa shape index (κ2) is 5.74. The van der Waals surface area contributed by atoms with Crippen LogP contribution in [-0.2, 0) is 17.8 Å². The molecule has 0 radical (unpaired) electrons. The summed E-state index contributed by atoms with van der Waals surface area (Å²) >= 11 is 6.20. The third kappa shape index (κ3) is 2.98. The molecular weight excluding hydrogens is 260 g/mol. The molecule has 1 heterocycles. The minimum absolute atomic E-state index is 0.163. The molecule has 0 aliphatic heterocycles. The summed E-state index contributed by atoms with van der Waals surface area (Å²) in [5, 5.41) is -0.163. The van der Waals surface area contributed by atoms with Crippen molar-refractivity contribution in [2.75, 3.05) is 0 Å². The minimum atomic E-state index is -0.163. The van der Waals surface area contributed by atoms with Crippen LogP contribution in [-0.4, -0.2) is 15.3 Å². The topological polar surface area (TPSA) is 34.9 Å². The Balaban J connectivity index is 2.50. The summed E-state index contributed by atoms with van der Waals surface area (Å²) < 4.78 is 2.06. The van der Waals surface area contributed by atoms with E-state index in [1.54, 1.807) is 6.92 Å². The normalized spacial score (nSPS) is 12.8. The average Bonchev–Trinajstić information content (AvgIpc) is 2.73. The fourth-order valence-electron chi connectivity index (χ4n) is 2.22. The van der Waals surface area contributed by atoms with E-state index in [1.165, 1.54) is 5.56 Å². The fourth-order valence-corrected chi connectivity index (χ4v) is 2.39. The third-order valence-corrected chi connectivity index (χ3v) is 3.49. The number of imidazole rings is 1. The molecule has 0 aliphatic carbocycles. The van der Waals surface area contributed by atoms with Gasteiger partial charge in [0.1, 0.15) is 11.6 Å². The highest BCUT2D eigenvalue weighted by Crippen LogP contribution is 2.25. The van der Waals surface area contributed by atoms with Gasteiger partial charge in [-0.2, -0.15) is 0 Å². The number of ketones is 1. The zero-order valence-corrected chi connectivity index (χ0v) is 12.4. The van der Waals surface area contributed by atoms with Crippen molar-refractivity contribution in [3.05, 3.63) is 29.6 Å². The highest BCUT2D eigenvalue weighted by molar-refractivity contribution is 6.20. The summed E-state index contributed by atoms with van der Waals surface area (Å²) in [6.45, 7) is 6.29. The van der Waals surface area contributed by atoms with Gasteiger partial charge < -0.3 is 4.57 Å². The Hall–Kier alpha value is -1.35. The van der Waals surface area contributed by atoms with E-state index < -0.39 is 0 Å². The van der Waals surface area contributed by atoms with Gasteiger partial charge in [0.25, 0.3) is 0 Å². The lowest BCUT2D eigenvalue weighted by molar-refractivity contribution is -0.117. The molecule has 0 saturated heterocycles. The lowest BCUT2D eigenvalue weighted by atomic mass is 10.1. The predicted molar refractivity (Wildman–Crippen MR) is 78.7 cm³/mol. The standard InChI is InChI=1S/C15H19ClN2O/c1-4-12-5-6-14-13(9-12)17-15(11(3)16)18(14)8-7-10(2)19/h5-6,9,11H,4,7-8H2,1-3H3. The Labute approximate surface area is 118 Å². The fraction of sp³-hybridized carbons (Fsp3) is 0.467. The number of alkyl halides is 1. The van der Waals surface area contributed by atoms with E-state index in [0.717, 1.165) is 23.3 Å². The van der Waals surface area contributed by atoms with Gasteiger partial charge in [-0.25, -0.2) is 4.98 Å². The van der Waals surface area contributed by atoms with Crippen molar-refractivity contribution in [3.63, 3.8) is 0 Å². The van der Waals surface area contributed by atoms with Gasteiger partial charge in [-0.05, 0) is 38.0 Å². The van der Waals surface area contributed by atoms with Gasteiger partial charge in [-0.15, -0.1) is 11.6 Å². The highest BCUT2D eigenvalue weighted by atomic mass is 35.5. The van der Waals surface area contributed by atoms with Crippen molar-refractivity contribution in [1.82, 2.24) is 9.55 Å². The zero-order chi connectivity index (χ0) is 14.0. The van der Waals surface area contributed by atoms with Crippen LogP contribution in [0, 0.1) is 0 Å². The lowest BCUT2D eigenvalue weighted by Gasteiger charge is -2.09. The van der Waals surface area contributed by atoms with E-state index in [9.17, 15) is 4.79 Å². The van der Waals surface area contributed by atoms with Crippen LogP contribution >= 0.6 is 11.6 Å². The smallest absolute Gasteiger partial charge is 0.131 e. The molecule has 0 amide bonds. The number of hydrogen-bond donors (Lipinski definition) is 0. The summed E-state index contributed by atoms with van der Waals surface area (Å²) in [4.78, 5) is 15.8. The number of aryl methyl sites for hydroxylation is 2. The van der Waals surface area contributed by atoms with Gasteiger partial charge >= 0.3 is 0 Å². The monoisotopic (exact) mass is 278 g/mol. The number of Topliss-reactive ketones (excluding diaryl/α,β-unsaturated/α-hetero) is 1. The van der Waals surface area contributed by atoms with Gasteiger partial charge in [0, 0.05) is 13.0 Å². The molecule has 4 heteroatoms. The van der Waals surface area contributed by atoms with E-state index >= 15 is 0 Å². The molecule has 3 nitrogen and oxygen atoms in total. The molecule has 0 fully saturated rings. The lowest BCUT2D eigenvalue weighted by Crippen LogP contribution is -2.07. The van der Waals surface area contributed by atoms with Crippen LogP contribution in [0.25, 0.3) is 11.0 Å². The first-order valence-electron chi connectivity index (χ1n) is 6.65. The van der Waals surface area contributed by atoms with Gasteiger partial charge in [0.05, 0.1) is 16.4 Å². The summed E-state index contributed by atoms with van der Waals surface area (Å²) in [6, 6.07) is 6.28. The molecule has 1 aromatic carbocycles. The number of fused-ring (bicyclic) bond motifs is 1. The van der Waals surface area contributed by atoms with Crippen LogP contribution in [0.15, 0.2) is 18.2 Å². The number of benzene rings is 1. The van der Waals surface area contributed by atoms with E-state index in [2.05, 4.69) is 34.7 Å². The van der Waals surface area contributed by atoms with E-state index in [1.807, 2.05) is 6.92 Å². The molecule has 0 bridgehead atoms. The van der Waals surface area contributed by atoms with Crippen molar-refractivity contribution in [2.24, 2.45) is 0 Å². The number of halogens is 1. The first-order chi connectivity index (χ1) is 9.02. The Morgan fingerprint density at radius 3 is 2.79 bits per heavy atom. The Morgan fingerprint density at radius 1 is 1.47 bits per heavy atom. The molecule has 2 aromatic rings. The van der Waals surface area contributed by atoms with Crippen LogP contribution in [0.1, 0.15) is 44.0 Å². The molecule has 0 saturated carbocycles. The van der Waals surface area contributed by atoms with E-state index in [-0.39, 0.29) is 11.2 Å². The van der Waals surface area contributed by atoms with E-state index in [4.69, 9.17) is 11.6 Å². The van der Waals surface area contributed by atoms with Crippen LogP contribution in [0.2, 0.25) is 0 Å². The van der Waals surface area contributed by atoms with Gasteiger partial charge in [-0.1, -0.05) is 13.0 Å². The average molecular weight is 279 g/mol. The first kappa shape index (κ1) is 14.1. The largest absolute Gasteiger partial charge is 0.326 e. The number of aromatic nitrogens is 2. The van der Waals surface area contributed by atoms with Crippen molar-refractivity contribution in [3.8, 4) is 0 Å². The first-order valence-corrected chi connectivity index (χ1v) is 7.09. The number of nitrogens with zero attached hydrogens (tertiary/aromatic N) is 2. The second-order valence-electron chi connectivity index (χ2n) is 4.87. The quantitative estimate of drug-likeness (QED) is 0.778. The summed E-state index contributed by atoms with van der Waals surface area (Å²) in [5.41, 5.74) is 3.28. The van der Waals surface area contributed by atoms with Crippen LogP contribution < -0.4 is 0 Å². The van der Waals surface area contributed by atoms with Crippen LogP contribution in [0.3, 0.4) is 0 Å². The summed E-state index contributed by atoms with van der Waals surface area (Å²) in [7, 11) is 0. The number of hydrogen-bond acceptors (Lipinski definition) is 2. The van der Waals surface area contributed by atoms with Crippen molar-refractivity contribution >= 4 is 28.4 Å². The Kier molecular flexibility index (Phi) is 4.25. The van der Waals surface area contributed by atoms with Crippen molar-refractivity contribution in [1.29, 1.82) is 0 Å². The maximum Gasteiger partial charge on any atom is 0.131 e. The molecule has 0 N–H and O–H groups in total. The Bertz CT molecular complexity index is 601. The molecule has 0 aliphatic rings. The van der Waals surface area contributed by atoms with Crippen molar-refractivity contribution < 1.29 is 4.79 Å². The molecule has 0 spiro atoms. The maximum atomic E-state index is 11.2. The van der Waals surface area contributed by atoms with Gasteiger partial charge in [0.2, 0.25) is 0 Å². The zero-order valence-electron chi connectivity index (χ0n) is 11.6. The number of rotatable bonds is 5. The molecule has 102 valence electrons. The summed E-state index contributed by atoms with van der Waals surface area (Å²) in [6.07, 6.45) is 1.50. The van der Waals surface area contributed by atoms with Crippen LogP contribution in [0.4, 0.5) is 0 Å². The molecule has 19 heavy (non-hydrogen) atoms. The molecular formula is C15H19ClN2O. The van der Waals surface area contributed by atoms with Gasteiger partial charge in [-0.3, -0.25) is 4.79 Å². The molecule has 2 rings (SSSR count).